The average molecular weight is 303 g/mol. The molecule has 1 fully saturated rings. The summed E-state index contributed by atoms with van der Waals surface area (Å²) in [6.45, 7) is 8.09. The Balaban J connectivity index is 1.89. The summed E-state index contributed by atoms with van der Waals surface area (Å²) in [7, 11) is 1.71. The first kappa shape index (κ1) is 15.2. The number of hydrogen-bond acceptors (Lipinski definition) is 5. The number of benzene rings is 1. The van der Waals surface area contributed by atoms with Crippen molar-refractivity contribution in [2.24, 2.45) is 11.0 Å². The van der Waals surface area contributed by atoms with Crippen molar-refractivity contribution >= 4 is 5.71 Å². The zero-order valence-electron chi connectivity index (χ0n) is 13.6. The van der Waals surface area contributed by atoms with Crippen LogP contribution in [0.4, 0.5) is 0 Å². The molecule has 1 aromatic rings. The van der Waals surface area contributed by atoms with Crippen LogP contribution in [0.5, 0.6) is 11.5 Å². The summed E-state index contributed by atoms with van der Waals surface area (Å²) in [6.07, 6.45) is 1.05. The van der Waals surface area contributed by atoms with Gasteiger partial charge in [-0.25, -0.2) is 0 Å². The zero-order valence-corrected chi connectivity index (χ0v) is 13.6. The molecule has 2 aliphatic heterocycles. The molecule has 0 bridgehead atoms. The molecular formula is C17H25N3O2. The fourth-order valence-electron chi connectivity index (χ4n) is 3.45. The second-order valence-corrected chi connectivity index (χ2v) is 5.77. The lowest BCUT2D eigenvalue weighted by Gasteiger charge is -2.33. The van der Waals surface area contributed by atoms with Crippen molar-refractivity contribution in [2.75, 3.05) is 33.4 Å². The lowest BCUT2D eigenvalue weighted by molar-refractivity contribution is 0.236. The fourth-order valence-corrected chi connectivity index (χ4v) is 3.45. The van der Waals surface area contributed by atoms with Crippen molar-refractivity contribution in [1.29, 1.82) is 0 Å². The van der Waals surface area contributed by atoms with E-state index in [-0.39, 0.29) is 6.04 Å². The third kappa shape index (κ3) is 2.65. The number of hydrogen-bond donors (Lipinski definition) is 1. The number of methoxy groups -OCH3 is 1. The second kappa shape index (κ2) is 6.57. The first-order valence-corrected chi connectivity index (χ1v) is 8.12. The van der Waals surface area contributed by atoms with Crippen LogP contribution in [0.25, 0.3) is 0 Å². The van der Waals surface area contributed by atoms with E-state index >= 15 is 0 Å². The van der Waals surface area contributed by atoms with E-state index in [1.807, 2.05) is 19.1 Å². The van der Waals surface area contributed by atoms with Gasteiger partial charge in [-0.3, -0.25) is 0 Å². The quantitative estimate of drug-likeness (QED) is 0.907. The number of piperidine rings is 1. The van der Waals surface area contributed by atoms with Gasteiger partial charge < -0.3 is 19.8 Å². The molecule has 0 spiro atoms. The summed E-state index contributed by atoms with van der Waals surface area (Å²) >= 11 is 0. The van der Waals surface area contributed by atoms with E-state index in [1.165, 1.54) is 5.71 Å². The van der Waals surface area contributed by atoms with E-state index in [0.29, 0.717) is 12.5 Å². The monoisotopic (exact) mass is 303 g/mol. The minimum Gasteiger partial charge on any atom is -0.492 e. The van der Waals surface area contributed by atoms with Gasteiger partial charge in [0.2, 0.25) is 0 Å². The smallest absolute Gasteiger partial charge is 0.166 e. The Bertz CT molecular complexity index is 559. The predicted molar refractivity (Wildman–Crippen MR) is 87.7 cm³/mol. The molecule has 120 valence electrons. The SMILES string of the molecule is CCOc1cccc(C2NN=C3CCN(CC)CC32)c1OC. The van der Waals surface area contributed by atoms with Crippen LogP contribution in [-0.4, -0.2) is 44.0 Å². The average Bonchev–Trinajstić information content (AvgIpc) is 2.97. The highest BCUT2D eigenvalue weighted by Crippen LogP contribution is 2.40. The number of nitrogens with one attached hydrogen (secondary N) is 1. The highest BCUT2D eigenvalue weighted by Gasteiger charge is 2.38. The summed E-state index contributed by atoms with van der Waals surface area (Å²) in [5.74, 6) is 2.05. The Hall–Kier alpha value is -1.75. The molecule has 0 aromatic heterocycles. The van der Waals surface area contributed by atoms with Crippen molar-refractivity contribution in [2.45, 2.75) is 26.3 Å². The molecule has 5 nitrogen and oxygen atoms in total. The van der Waals surface area contributed by atoms with Gasteiger partial charge in [0.15, 0.2) is 11.5 Å². The van der Waals surface area contributed by atoms with Crippen LogP contribution < -0.4 is 14.9 Å². The summed E-state index contributed by atoms with van der Waals surface area (Å²) in [6, 6.07) is 6.27. The maximum atomic E-state index is 5.71. The van der Waals surface area contributed by atoms with Gasteiger partial charge in [0, 0.05) is 36.7 Å². The summed E-state index contributed by atoms with van der Waals surface area (Å²) < 4.78 is 11.4. The molecule has 0 aliphatic carbocycles. The Morgan fingerprint density at radius 1 is 1.36 bits per heavy atom. The number of ether oxygens (including phenoxy) is 2. The molecule has 1 saturated heterocycles. The molecular weight excluding hydrogens is 278 g/mol. The maximum absolute atomic E-state index is 5.71. The first-order chi connectivity index (χ1) is 10.8. The molecule has 2 atom stereocenters. The minimum absolute atomic E-state index is 0.166. The predicted octanol–water partition coefficient (Wildman–Crippen LogP) is 2.44. The summed E-state index contributed by atoms with van der Waals surface area (Å²) in [5, 5.41) is 4.58. The van der Waals surface area contributed by atoms with Crippen molar-refractivity contribution in [3.8, 4) is 11.5 Å². The summed E-state index contributed by atoms with van der Waals surface area (Å²) in [5.41, 5.74) is 5.75. The molecule has 1 aromatic carbocycles. The van der Waals surface area contributed by atoms with Crippen LogP contribution in [0.2, 0.25) is 0 Å². The van der Waals surface area contributed by atoms with Crippen molar-refractivity contribution in [1.82, 2.24) is 10.3 Å². The number of rotatable bonds is 5. The molecule has 5 heteroatoms. The van der Waals surface area contributed by atoms with Gasteiger partial charge in [-0.1, -0.05) is 19.1 Å². The van der Waals surface area contributed by atoms with E-state index in [1.54, 1.807) is 7.11 Å². The number of likely N-dealkylation sites (tertiary alicyclic amines) is 1. The van der Waals surface area contributed by atoms with Gasteiger partial charge in [-0.2, -0.15) is 5.10 Å². The van der Waals surface area contributed by atoms with E-state index < -0.39 is 0 Å². The summed E-state index contributed by atoms with van der Waals surface area (Å²) in [4.78, 5) is 2.49. The Morgan fingerprint density at radius 2 is 2.23 bits per heavy atom. The standard InChI is InChI=1S/C17H25N3O2/c1-4-20-10-9-14-13(11-20)16(19-18-14)12-7-6-8-15(22-5-2)17(12)21-3/h6-8,13,16,19H,4-5,9-11H2,1-3H3. The number of nitrogens with zero attached hydrogens (tertiary/aromatic N) is 2. The van der Waals surface area contributed by atoms with Crippen LogP contribution in [0.1, 0.15) is 31.9 Å². The van der Waals surface area contributed by atoms with Gasteiger partial charge in [0.1, 0.15) is 0 Å². The molecule has 1 N–H and O–H groups in total. The number of para-hydroxylation sites is 1. The van der Waals surface area contributed by atoms with Gasteiger partial charge in [0.05, 0.1) is 19.8 Å². The molecule has 22 heavy (non-hydrogen) atoms. The molecule has 2 aliphatic rings. The first-order valence-electron chi connectivity index (χ1n) is 8.12. The van der Waals surface area contributed by atoms with Gasteiger partial charge in [-0.05, 0) is 19.5 Å². The highest BCUT2D eigenvalue weighted by atomic mass is 16.5. The lowest BCUT2D eigenvalue weighted by Crippen LogP contribution is -2.41. The third-order valence-corrected chi connectivity index (χ3v) is 4.61. The Kier molecular flexibility index (Phi) is 4.52. The topological polar surface area (TPSA) is 46.1 Å². The van der Waals surface area contributed by atoms with Crippen molar-refractivity contribution in [3.63, 3.8) is 0 Å². The minimum atomic E-state index is 0.166. The Labute approximate surface area is 132 Å². The largest absolute Gasteiger partial charge is 0.492 e. The fraction of sp³-hybridized carbons (Fsp3) is 0.588. The van der Waals surface area contributed by atoms with Gasteiger partial charge in [-0.15, -0.1) is 0 Å². The van der Waals surface area contributed by atoms with E-state index in [0.717, 1.165) is 43.1 Å². The van der Waals surface area contributed by atoms with Gasteiger partial charge in [0.25, 0.3) is 0 Å². The van der Waals surface area contributed by atoms with E-state index in [2.05, 4.69) is 28.4 Å². The van der Waals surface area contributed by atoms with E-state index in [4.69, 9.17) is 9.47 Å². The molecule has 0 amide bonds. The lowest BCUT2D eigenvalue weighted by atomic mass is 9.86. The number of hydrazone groups is 1. The van der Waals surface area contributed by atoms with Crippen LogP contribution in [0.15, 0.2) is 23.3 Å². The molecule has 0 saturated carbocycles. The second-order valence-electron chi connectivity index (χ2n) is 5.77. The maximum Gasteiger partial charge on any atom is 0.166 e. The highest BCUT2D eigenvalue weighted by molar-refractivity contribution is 5.90. The molecule has 2 heterocycles. The van der Waals surface area contributed by atoms with Crippen LogP contribution >= 0.6 is 0 Å². The van der Waals surface area contributed by atoms with Crippen LogP contribution in [0.3, 0.4) is 0 Å². The Morgan fingerprint density at radius 3 is 2.95 bits per heavy atom. The van der Waals surface area contributed by atoms with E-state index in [9.17, 15) is 0 Å². The third-order valence-electron chi connectivity index (χ3n) is 4.61. The normalized spacial score (nSPS) is 24.4. The van der Waals surface area contributed by atoms with Crippen molar-refractivity contribution in [3.05, 3.63) is 23.8 Å². The molecule has 0 radical (unpaired) electrons. The van der Waals surface area contributed by atoms with Crippen LogP contribution in [-0.2, 0) is 0 Å². The van der Waals surface area contributed by atoms with Crippen molar-refractivity contribution < 1.29 is 9.47 Å². The zero-order chi connectivity index (χ0) is 15.5. The van der Waals surface area contributed by atoms with Crippen LogP contribution in [0, 0.1) is 5.92 Å². The molecule has 2 unspecified atom stereocenters. The molecule has 3 rings (SSSR count). The number of fused-ring (bicyclic) bond motifs is 1. The van der Waals surface area contributed by atoms with Gasteiger partial charge >= 0.3 is 0 Å².